The van der Waals surface area contributed by atoms with Crippen LogP contribution >= 0.6 is 11.8 Å². The van der Waals surface area contributed by atoms with Gasteiger partial charge in [-0.15, -0.1) is 5.10 Å². The molecule has 2 aliphatic carbocycles. The van der Waals surface area contributed by atoms with Gasteiger partial charge in [0.1, 0.15) is 18.0 Å². The molecule has 2 fully saturated rings. The first-order valence-electron chi connectivity index (χ1n) is 19.6. The molecule has 6 atom stereocenters. The third-order valence-corrected chi connectivity index (χ3v) is 5.65. The van der Waals surface area contributed by atoms with E-state index < -0.39 is 126 Å². The molecule has 12 heteroatoms. The predicted molar refractivity (Wildman–Crippen MR) is 133 cm³/mol. The molecule has 0 unspecified atom stereocenters. The molecule has 0 aliphatic heterocycles. The molecule has 1 aromatic carbocycles. The number of hydrogen-bond donors (Lipinski definition) is 4. The molecule has 2 saturated carbocycles. The van der Waals surface area contributed by atoms with Gasteiger partial charge in [0.2, 0.25) is 0 Å². The lowest BCUT2D eigenvalue weighted by Gasteiger charge is -2.17. The molecule has 4 N–H and O–H groups in total. The molecule has 0 amide bonds. The van der Waals surface area contributed by atoms with E-state index in [0.717, 1.165) is 13.8 Å². The van der Waals surface area contributed by atoms with Crippen molar-refractivity contribution in [2.45, 2.75) is 74.3 Å². The number of halogens is 1. The highest BCUT2D eigenvalue weighted by Gasteiger charge is 2.45. The highest BCUT2D eigenvalue weighted by atomic mass is 32.2. The lowest BCUT2D eigenvalue weighted by atomic mass is 10.1. The van der Waals surface area contributed by atoms with Gasteiger partial charge >= 0.3 is 0 Å². The molecule has 2 aromatic heterocycles. The number of ether oxygens (including phenoxy) is 1. The van der Waals surface area contributed by atoms with Crippen LogP contribution in [0.15, 0.2) is 23.3 Å². The summed E-state index contributed by atoms with van der Waals surface area (Å²) < 4.78 is 175. The van der Waals surface area contributed by atoms with Gasteiger partial charge in [0.15, 0.2) is 22.1 Å². The topological polar surface area (TPSA) is 138 Å². The van der Waals surface area contributed by atoms with Crippen molar-refractivity contribution in [3.63, 3.8) is 0 Å². The first-order valence-corrected chi connectivity index (χ1v) is 10.9. The highest BCUT2D eigenvalue weighted by Crippen LogP contribution is 2.44. The summed E-state index contributed by atoms with van der Waals surface area (Å²) in [7, 11) is 0. The van der Waals surface area contributed by atoms with E-state index in [4.69, 9.17) is 26.0 Å². The largest absolute Gasteiger partial charge is 0.394 e. The number of nitrogens with one attached hydrogen (secondary N) is 1. The zero-order valence-electron chi connectivity index (χ0n) is 37.4. The number of hydrogen-bond acceptors (Lipinski definition) is 10. The van der Waals surface area contributed by atoms with Crippen molar-refractivity contribution < 1.29 is 50.5 Å². The number of anilines is 1. The van der Waals surface area contributed by atoms with Crippen LogP contribution in [-0.4, -0.2) is 83.4 Å². The first-order chi connectivity index (χ1) is 24.4. The van der Waals surface area contributed by atoms with Crippen LogP contribution in [0.3, 0.4) is 0 Å². The molecule has 2 heterocycles. The lowest BCUT2D eigenvalue weighted by Crippen LogP contribution is -2.33. The number of nitrogens with zero attached hydrogens (tertiary/aromatic N) is 5. The lowest BCUT2D eigenvalue weighted by molar-refractivity contribution is -0.0629. The van der Waals surface area contributed by atoms with Gasteiger partial charge < -0.3 is 25.4 Å². The Morgan fingerprint density at radius 3 is 2.97 bits per heavy atom. The Hall–Kier alpha value is -2.38. The summed E-state index contributed by atoms with van der Waals surface area (Å²) in [6.07, 6.45) is -22.6. The van der Waals surface area contributed by atoms with Crippen LogP contribution in [0.4, 0.5) is 10.2 Å². The smallest absolute Gasteiger partial charge is 0.191 e. The summed E-state index contributed by atoms with van der Waals surface area (Å²) in [5, 5.41) is 41.0. The second-order valence-corrected chi connectivity index (χ2v) is 8.07. The van der Waals surface area contributed by atoms with E-state index in [1.54, 1.807) is 0 Å². The molecule has 0 radical (unpaired) electrons. The number of aliphatic hydroxyl groups is 3. The SMILES string of the molecule is [2H]c1c([2H])c([C@H]2[C@H](Nc3nc(SC([2H])([2H])C([2H])([2H])C)nc4c3nnn4[C@]3([2H])C([2H])([2H])[C@]([2H])(OC([2H])([2H])C([2H])([2H])O)[C@@]([2H])(O)[C@@]3([2H])O)C2([2H])[2H])c([2H])c(F)c1C. The molecule has 10 nitrogen and oxygen atoms in total. The summed E-state index contributed by atoms with van der Waals surface area (Å²) in [6.45, 7) is -6.26. The molecule has 0 saturated heterocycles. The molecular formula is C24H31FN6O4S. The van der Waals surface area contributed by atoms with E-state index in [-0.39, 0.29) is 22.0 Å². The number of benzene rings is 1. The molecule has 0 bridgehead atoms. The van der Waals surface area contributed by atoms with Crippen LogP contribution in [0.25, 0.3) is 11.2 Å². The fraction of sp³-hybridized carbons (Fsp3) is 0.583. The van der Waals surface area contributed by atoms with Crippen molar-refractivity contribution in [3.05, 3.63) is 35.1 Å². The third kappa shape index (κ3) is 4.92. The van der Waals surface area contributed by atoms with Gasteiger partial charge in [-0.1, -0.05) is 36.0 Å². The Bertz CT molecular complexity index is 2050. The molecule has 0 spiro atoms. The first kappa shape index (κ1) is 11.2. The number of thioether (sulfide) groups is 1. The fourth-order valence-electron chi connectivity index (χ4n) is 3.21. The second-order valence-electron chi connectivity index (χ2n) is 7.29. The minimum atomic E-state index is -4.47. The van der Waals surface area contributed by atoms with Crippen molar-refractivity contribution in [2.24, 2.45) is 0 Å². The van der Waals surface area contributed by atoms with Crippen LogP contribution < -0.4 is 5.32 Å². The quantitative estimate of drug-likeness (QED) is 0.225. The maximum atomic E-state index is 14.9. The summed E-state index contributed by atoms with van der Waals surface area (Å²) in [5.74, 6) is -3.40. The summed E-state index contributed by atoms with van der Waals surface area (Å²) in [6, 6.07) is -7.86. The van der Waals surface area contributed by atoms with E-state index in [0.29, 0.717) is 0 Å². The molecular weight excluding hydrogens is 487 g/mol. The van der Waals surface area contributed by atoms with Gasteiger partial charge in [0.05, 0.1) is 40.3 Å². The van der Waals surface area contributed by atoms with Crippen LogP contribution in [0, 0.1) is 12.7 Å². The van der Waals surface area contributed by atoms with E-state index in [1.165, 1.54) is 0 Å². The van der Waals surface area contributed by atoms with Gasteiger partial charge in [-0.3, -0.25) is 0 Å². The fourth-order valence-corrected chi connectivity index (χ4v) is 3.67. The summed E-state index contributed by atoms with van der Waals surface area (Å²) >= 11 is -0.0321. The number of aromatic nitrogens is 5. The molecule has 2 aliphatic rings. The van der Waals surface area contributed by atoms with Crippen molar-refractivity contribution in [3.8, 4) is 0 Å². The van der Waals surface area contributed by atoms with Crippen LogP contribution in [0.1, 0.15) is 75.1 Å². The van der Waals surface area contributed by atoms with Crippen LogP contribution in [0.2, 0.25) is 0 Å². The van der Waals surface area contributed by atoms with Crippen molar-refractivity contribution >= 4 is 28.7 Å². The number of rotatable bonds is 10. The van der Waals surface area contributed by atoms with Crippen LogP contribution in [0.5, 0.6) is 0 Å². The van der Waals surface area contributed by atoms with Gasteiger partial charge in [-0.05, 0) is 36.8 Å². The maximum Gasteiger partial charge on any atom is 0.191 e. The summed E-state index contributed by atoms with van der Waals surface area (Å²) in [4.78, 5) is 7.99. The number of fused-ring (bicyclic) bond motifs is 1. The Balaban J connectivity index is 1.75. The Kier molecular flexibility index (Phi) is 3.27. The zero-order valence-corrected chi connectivity index (χ0v) is 19.2. The normalized spacial score (nSPS) is 47.9. The van der Waals surface area contributed by atoms with Gasteiger partial charge in [0.25, 0.3) is 0 Å². The Morgan fingerprint density at radius 1 is 1.36 bits per heavy atom. The molecule has 194 valence electrons. The average molecular weight is 538 g/mol. The Morgan fingerprint density at radius 2 is 2.19 bits per heavy atom. The van der Waals surface area contributed by atoms with E-state index >= 15 is 0 Å². The third-order valence-electron chi connectivity index (χ3n) is 4.98. The van der Waals surface area contributed by atoms with Gasteiger partial charge in [-0.2, -0.15) is 0 Å². The molecule has 3 aromatic rings. The van der Waals surface area contributed by atoms with Gasteiger partial charge in [-0.25, -0.2) is 19.0 Å². The van der Waals surface area contributed by atoms with Crippen LogP contribution in [-0.2, 0) is 4.74 Å². The average Bonchev–Trinajstić information content (AvgIpc) is 3.29. The van der Waals surface area contributed by atoms with Crippen molar-refractivity contribution in [1.29, 1.82) is 0 Å². The highest BCUT2D eigenvalue weighted by molar-refractivity contribution is 7.99. The minimum Gasteiger partial charge on any atom is -0.394 e. The van der Waals surface area contributed by atoms with Crippen molar-refractivity contribution in [2.75, 3.05) is 24.1 Å². The van der Waals surface area contributed by atoms with Gasteiger partial charge in [0, 0.05) is 35.0 Å². The standard InChI is InChI=1S/C24H31FN6O4S/c1-3-8-36-24-27-22(26-16-10-14(16)13-5-4-12(2)15(25)9-13)19-23(28-24)31(30-29-19)17-11-18(35-7-6-32)21(34)20(17)33/h4-5,9,14,16-18,20-21,32-34H,3,6-8,10-11H2,1-2H3,(H,26,27,28)/t14-,16+,17+,18-,20-,21+/m0/s1/i3D2,4D,5D,6D2,7D2,8D2,9D,10D2,11D2,17D,18D,20D,21D. The molecule has 5 rings (SSSR count). The second kappa shape index (κ2) is 10.5. The van der Waals surface area contributed by atoms with E-state index in [9.17, 15) is 19.7 Å². The minimum absolute atomic E-state index is 0.0321. The van der Waals surface area contributed by atoms with Crippen molar-refractivity contribution in [1.82, 2.24) is 25.0 Å². The predicted octanol–water partition coefficient (Wildman–Crippen LogP) is 2.18. The monoisotopic (exact) mass is 537 g/mol. The van der Waals surface area contributed by atoms with E-state index in [1.807, 2.05) is 0 Å². The maximum absolute atomic E-state index is 14.9. The summed E-state index contributed by atoms with van der Waals surface area (Å²) in [5.41, 5.74) is -5.51. The zero-order chi connectivity index (χ0) is 42.5. The van der Waals surface area contributed by atoms with E-state index in [2.05, 4.69) is 30.3 Å². The Labute approximate surface area is 239 Å². The molecule has 36 heavy (non-hydrogen) atoms.